The number of hydrogen-bond donors (Lipinski definition) is 1. The number of thioether (sulfide) groups is 1. The van der Waals surface area contributed by atoms with E-state index in [0.29, 0.717) is 16.4 Å². The first-order valence-corrected chi connectivity index (χ1v) is 8.64. The number of nitrogens with zero attached hydrogens (tertiary/aromatic N) is 2. The minimum Gasteiger partial charge on any atom is -0.496 e. The van der Waals surface area contributed by atoms with Gasteiger partial charge in [-0.2, -0.15) is 13.2 Å². The van der Waals surface area contributed by atoms with Crippen molar-refractivity contribution in [3.63, 3.8) is 0 Å². The normalized spacial score (nSPS) is 11.7. The molecule has 3 rings (SSSR count). The number of aromatic nitrogens is 3. The number of fused-ring (bicyclic) bond motifs is 1. The maximum atomic E-state index is 12.2. The maximum Gasteiger partial charge on any atom is 0.422 e. The Morgan fingerprint density at radius 2 is 2.04 bits per heavy atom. The van der Waals surface area contributed by atoms with E-state index < -0.39 is 12.8 Å². The molecule has 0 saturated heterocycles. The van der Waals surface area contributed by atoms with Gasteiger partial charge in [0.15, 0.2) is 11.8 Å². The molecule has 2 aromatic heterocycles. The van der Waals surface area contributed by atoms with Crippen LogP contribution in [0.4, 0.5) is 13.2 Å². The zero-order valence-electron chi connectivity index (χ0n) is 14.1. The number of hydrogen-bond acceptors (Lipinski definition) is 5. The second-order valence-electron chi connectivity index (χ2n) is 5.56. The number of rotatable bonds is 6. The lowest BCUT2D eigenvalue weighted by atomic mass is 10.2. The standard InChI is InChI=1S/C17H16F3N3O2S/c1-10-7-21-11(5-15(10)24-2)8-26-16-22-13-4-3-12(6-14(13)23-16)25-9-17(18,19)20/h3-7H,8-9H2,1-2H3,(H,22,23). The summed E-state index contributed by atoms with van der Waals surface area (Å²) in [5.74, 6) is 1.47. The van der Waals surface area contributed by atoms with E-state index in [1.807, 2.05) is 13.0 Å². The van der Waals surface area contributed by atoms with Gasteiger partial charge >= 0.3 is 6.18 Å². The van der Waals surface area contributed by atoms with Crippen molar-refractivity contribution >= 4 is 22.8 Å². The number of halogens is 3. The van der Waals surface area contributed by atoms with Crippen molar-refractivity contribution in [1.82, 2.24) is 15.0 Å². The van der Waals surface area contributed by atoms with Crippen LogP contribution in [0.3, 0.4) is 0 Å². The van der Waals surface area contributed by atoms with Crippen LogP contribution in [0, 0.1) is 6.92 Å². The Balaban J connectivity index is 1.69. The van der Waals surface area contributed by atoms with E-state index in [2.05, 4.69) is 15.0 Å². The summed E-state index contributed by atoms with van der Waals surface area (Å²) in [5.41, 5.74) is 3.06. The van der Waals surface area contributed by atoms with E-state index in [1.165, 1.54) is 23.9 Å². The molecule has 0 aliphatic rings. The summed E-state index contributed by atoms with van der Waals surface area (Å²) in [5, 5.41) is 0.648. The van der Waals surface area contributed by atoms with Crippen LogP contribution >= 0.6 is 11.8 Å². The molecule has 0 atom stereocenters. The molecule has 138 valence electrons. The molecule has 2 heterocycles. The van der Waals surface area contributed by atoms with Crippen LogP contribution in [0.2, 0.25) is 0 Å². The first-order chi connectivity index (χ1) is 12.3. The molecule has 0 fully saturated rings. The second kappa shape index (κ2) is 7.45. The number of imidazole rings is 1. The van der Waals surface area contributed by atoms with E-state index in [-0.39, 0.29) is 5.75 Å². The summed E-state index contributed by atoms with van der Waals surface area (Å²) in [7, 11) is 1.61. The average molecular weight is 383 g/mol. The molecule has 3 aromatic rings. The maximum absolute atomic E-state index is 12.2. The molecule has 0 aliphatic heterocycles. The predicted molar refractivity (Wildman–Crippen MR) is 92.7 cm³/mol. The first-order valence-electron chi connectivity index (χ1n) is 7.66. The number of ether oxygens (including phenoxy) is 2. The largest absolute Gasteiger partial charge is 0.496 e. The highest BCUT2D eigenvalue weighted by Gasteiger charge is 2.28. The molecule has 0 aliphatic carbocycles. The molecule has 26 heavy (non-hydrogen) atoms. The van der Waals surface area contributed by atoms with Crippen molar-refractivity contribution in [3.8, 4) is 11.5 Å². The number of methoxy groups -OCH3 is 1. The fraction of sp³-hybridized carbons (Fsp3) is 0.294. The van der Waals surface area contributed by atoms with Crippen LogP contribution in [0.25, 0.3) is 11.0 Å². The first kappa shape index (κ1) is 18.4. The summed E-state index contributed by atoms with van der Waals surface area (Å²) >= 11 is 1.44. The molecular weight excluding hydrogens is 367 g/mol. The van der Waals surface area contributed by atoms with Gasteiger partial charge in [-0.1, -0.05) is 11.8 Å². The van der Waals surface area contributed by atoms with Crippen molar-refractivity contribution in [2.45, 2.75) is 24.0 Å². The smallest absolute Gasteiger partial charge is 0.422 e. The lowest BCUT2D eigenvalue weighted by Gasteiger charge is -2.08. The van der Waals surface area contributed by atoms with E-state index in [9.17, 15) is 13.2 Å². The molecule has 0 amide bonds. The average Bonchev–Trinajstić information content (AvgIpc) is 3.00. The van der Waals surface area contributed by atoms with Gasteiger partial charge in [-0.05, 0) is 19.1 Å². The Morgan fingerprint density at radius 3 is 2.77 bits per heavy atom. The Kier molecular flexibility index (Phi) is 5.26. The number of aromatic amines is 1. The Morgan fingerprint density at radius 1 is 1.23 bits per heavy atom. The molecular formula is C17H16F3N3O2S. The van der Waals surface area contributed by atoms with Gasteiger partial charge in [0.25, 0.3) is 0 Å². The van der Waals surface area contributed by atoms with Crippen LogP contribution in [0.15, 0.2) is 35.6 Å². The topological polar surface area (TPSA) is 60.0 Å². The predicted octanol–water partition coefficient (Wildman–Crippen LogP) is 4.51. The van der Waals surface area contributed by atoms with Gasteiger partial charge in [0.05, 0.1) is 23.8 Å². The number of pyridine rings is 1. The fourth-order valence-electron chi connectivity index (χ4n) is 2.27. The van der Waals surface area contributed by atoms with Crippen molar-refractivity contribution in [3.05, 3.63) is 41.7 Å². The highest BCUT2D eigenvalue weighted by atomic mass is 32.2. The zero-order valence-corrected chi connectivity index (χ0v) is 14.9. The lowest BCUT2D eigenvalue weighted by molar-refractivity contribution is -0.153. The van der Waals surface area contributed by atoms with Gasteiger partial charge in [-0.25, -0.2) is 4.98 Å². The van der Waals surface area contributed by atoms with Crippen LogP contribution in [0.5, 0.6) is 11.5 Å². The second-order valence-corrected chi connectivity index (χ2v) is 6.52. The quantitative estimate of drug-likeness (QED) is 0.635. The molecule has 5 nitrogen and oxygen atoms in total. The van der Waals surface area contributed by atoms with Crippen molar-refractivity contribution in [1.29, 1.82) is 0 Å². The van der Waals surface area contributed by atoms with Crippen LogP contribution in [-0.2, 0) is 5.75 Å². The van der Waals surface area contributed by atoms with Gasteiger partial charge in [0, 0.05) is 29.6 Å². The van der Waals surface area contributed by atoms with Crippen molar-refractivity contribution < 1.29 is 22.6 Å². The van der Waals surface area contributed by atoms with Crippen LogP contribution < -0.4 is 9.47 Å². The molecule has 0 radical (unpaired) electrons. The van der Waals surface area contributed by atoms with Gasteiger partial charge in [0.1, 0.15) is 11.5 Å². The molecule has 1 aromatic carbocycles. The number of H-pyrrole nitrogens is 1. The summed E-state index contributed by atoms with van der Waals surface area (Å²) in [6, 6.07) is 6.47. The summed E-state index contributed by atoms with van der Waals surface area (Å²) in [6.07, 6.45) is -2.62. The molecule has 0 spiro atoms. The van der Waals surface area contributed by atoms with E-state index in [4.69, 9.17) is 9.47 Å². The fourth-order valence-corrected chi connectivity index (χ4v) is 3.06. The number of benzene rings is 1. The molecule has 0 bridgehead atoms. The summed E-state index contributed by atoms with van der Waals surface area (Å²) in [6.45, 7) is 0.589. The van der Waals surface area contributed by atoms with Crippen molar-refractivity contribution in [2.24, 2.45) is 0 Å². The number of nitrogens with one attached hydrogen (secondary N) is 1. The Bertz CT molecular complexity index is 912. The Hall–Kier alpha value is -2.42. The lowest BCUT2D eigenvalue weighted by Crippen LogP contribution is -2.19. The van der Waals surface area contributed by atoms with Crippen molar-refractivity contribution in [2.75, 3.05) is 13.7 Å². The van der Waals surface area contributed by atoms with E-state index >= 15 is 0 Å². The van der Waals surface area contributed by atoms with Gasteiger partial charge in [-0.15, -0.1) is 0 Å². The SMILES string of the molecule is COc1cc(CSc2nc3cc(OCC(F)(F)F)ccc3[nH]2)ncc1C. The third kappa shape index (κ3) is 4.60. The third-order valence-corrected chi connectivity index (χ3v) is 4.43. The highest BCUT2D eigenvalue weighted by molar-refractivity contribution is 7.98. The summed E-state index contributed by atoms with van der Waals surface area (Å²) in [4.78, 5) is 11.8. The van der Waals surface area contributed by atoms with Gasteiger partial charge in [-0.3, -0.25) is 4.98 Å². The van der Waals surface area contributed by atoms with Crippen LogP contribution in [0.1, 0.15) is 11.3 Å². The zero-order chi connectivity index (χ0) is 18.7. The van der Waals surface area contributed by atoms with E-state index in [1.54, 1.807) is 19.4 Å². The third-order valence-electron chi connectivity index (χ3n) is 3.52. The Labute approximate surface area is 151 Å². The van der Waals surface area contributed by atoms with Gasteiger partial charge < -0.3 is 14.5 Å². The van der Waals surface area contributed by atoms with Gasteiger partial charge in [0.2, 0.25) is 0 Å². The molecule has 1 N–H and O–H groups in total. The summed E-state index contributed by atoms with van der Waals surface area (Å²) < 4.78 is 46.7. The van der Waals surface area contributed by atoms with E-state index in [0.717, 1.165) is 22.5 Å². The molecule has 0 saturated carbocycles. The number of aryl methyl sites for hydroxylation is 1. The molecule has 9 heteroatoms. The molecule has 0 unspecified atom stereocenters. The minimum atomic E-state index is -4.37. The number of alkyl halides is 3. The van der Waals surface area contributed by atoms with Crippen LogP contribution in [-0.4, -0.2) is 34.8 Å². The minimum absolute atomic E-state index is 0.128. The monoisotopic (exact) mass is 383 g/mol. The highest BCUT2D eigenvalue weighted by Crippen LogP contribution is 2.27.